The first-order valence-electron chi connectivity index (χ1n) is 6.83. The minimum Gasteiger partial charge on any atom is -0.373 e. The van der Waals surface area contributed by atoms with Crippen LogP contribution in [0.5, 0.6) is 0 Å². The van der Waals surface area contributed by atoms with Crippen LogP contribution in [0.15, 0.2) is 0 Å². The molecule has 0 radical (unpaired) electrons. The van der Waals surface area contributed by atoms with E-state index in [4.69, 9.17) is 10.5 Å². The van der Waals surface area contributed by atoms with Gasteiger partial charge in [-0.05, 0) is 37.8 Å². The van der Waals surface area contributed by atoms with Crippen LogP contribution in [0.1, 0.15) is 56.1 Å². The molecule has 0 saturated carbocycles. The van der Waals surface area contributed by atoms with Gasteiger partial charge in [0, 0.05) is 18.5 Å². The van der Waals surface area contributed by atoms with Crippen LogP contribution >= 0.6 is 0 Å². The topological polar surface area (TPSA) is 61.0 Å². The second-order valence-electron chi connectivity index (χ2n) is 4.33. The van der Waals surface area contributed by atoms with Gasteiger partial charge in [-0.3, -0.25) is 0 Å². The number of nitrogens with two attached hydrogens (primary N) is 1. The molecule has 1 aromatic rings. The molecule has 0 aliphatic rings. The molecule has 0 amide bonds. The maximum atomic E-state index is 5.68. The molecule has 4 heteroatoms. The lowest BCUT2D eigenvalue weighted by molar-refractivity contribution is 0.0921. The van der Waals surface area contributed by atoms with Gasteiger partial charge in [-0.1, -0.05) is 20.8 Å². The van der Waals surface area contributed by atoms with E-state index < -0.39 is 0 Å². The summed E-state index contributed by atoms with van der Waals surface area (Å²) in [5.41, 5.74) is 9.16. The first-order valence-corrected chi connectivity index (χ1v) is 6.83. The van der Waals surface area contributed by atoms with Crippen molar-refractivity contribution in [2.75, 3.05) is 13.7 Å². The second kappa shape index (κ2) is 7.44. The van der Waals surface area contributed by atoms with Crippen LogP contribution in [0.3, 0.4) is 0 Å². The summed E-state index contributed by atoms with van der Waals surface area (Å²) in [6.07, 6.45) is 3.57. The number of nitrogens with zero attached hydrogens (tertiary/aromatic N) is 2. The SMILES string of the molecule is CCc1nc(C(CC)OC)nc(CC)c1CCN. The van der Waals surface area contributed by atoms with Crippen molar-refractivity contribution in [2.45, 2.75) is 52.6 Å². The summed E-state index contributed by atoms with van der Waals surface area (Å²) in [4.78, 5) is 9.34. The first-order chi connectivity index (χ1) is 8.71. The highest BCUT2D eigenvalue weighted by Gasteiger charge is 2.17. The Bertz CT molecular complexity index is 350. The fourth-order valence-electron chi connectivity index (χ4n) is 2.22. The van der Waals surface area contributed by atoms with Gasteiger partial charge in [-0.15, -0.1) is 0 Å². The molecule has 0 bridgehead atoms. The Kier molecular flexibility index (Phi) is 6.22. The van der Waals surface area contributed by atoms with E-state index in [-0.39, 0.29) is 6.10 Å². The Hall–Kier alpha value is -1.00. The standard InChI is InChI=1S/C14H25N3O/c1-5-11-10(8-9-15)12(6-2)17-14(16-11)13(7-3)18-4/h13H,5-9,15H2,1-4H3. The molecule has 18 heavy (non-hydrogen) atoms. The highest BCUT2D eigenvalue weighted by atomic mass is 16.5. The van der Waals surface area contributed by atoms with Crippen molar-refractivity contribution in [3.63, 3.8) is 0 Å². The monoisotopic (exact) mass is 251 g/mol. The Labute approximate surface area is 110 Å². The molecule has 1 rings (SSSR count). The number of aromatic nitrogens is 2. The molecule has 1 heterocycles. The third-order valence-electron chi connectivity index (χ3n) is 3.20. The van der Waals surface area contributed by atoms with Gasteiger partial charge in [0.15, 0.2) is 5.82 Å². The van der Waals surface area contributed by atoms with Gasteiger partial charge in [0.2, 0.25) is 0 Å². The molecule has 1 unspecified atom stereocenters. The van der Waals surface area contributed by atoms with E-state index in [9.17, 15) is 0 Å². The molecule has 0 saturated heterocycles. The fraction of sp³-hybridized carbons (Fsp3) is 0.714. The van der Waals surface area contributed by atoms with Crippen LogP contribution in [0, 0.1) is 0 Å². The van der Waals surface area contributed by atoms with Crippen LogP contribution in [-0.2, 0) is 24.0 Å². The largest absolute Gasteiger partial charge is 0.373 e. The van der Waals surface area contributed by atoms with E-state index >= 15 is 0 Å². The van der Waals surface area contributed by atoms with Crippen molar-refractivity contribution >= 4 is 0 Å². The van der Waals surface area contributed by atoms with Crippen molar-refractivity contribution in [1.29, 1.82) is 0 Å². The maximum absolute atomic E-state index is 5.68. The summed E-state index contributed by atoms with van der Waals surface area (Å²) in [6, 6.07) is 0. The highest BCUT2D eigenvalue weighted by Crippen LogP contribution is 2.21. The zero-order chi connectivity index (χ0) is 13.5. The molecule has 0 aliphatic heterocycles. The van der Waals surface area contributed by atoms with E-state index in [0.717, 1.165) is 42.9 Å². The lowest BCUT2D eigenvalue weighted by Crippen LogP contribution is -2.15. The summed E-state index contributed by atoms with van der Waals surface area (Å²) < 4.78 is 5.43. The summed E-state index contributed by atoms with van der Waals surface area (Å²) >= 11 is 0. The number of methoxy groups -OCH3 is 1. The minimum atomic E-state index is -0.00692. The predicted molar refractivity (Wildman–Crippen MR) is 73.6 cm³/mol. The third kappa shape index (κ3) is 3.27. The molecule has 2 N–H and O–H groups in total. The predicted octanol–water partition coefficient (Wildman–Crippen LogP) is 2.20. The van der Waals surface area contributed by atoms with Crippen LogP contribution in [0.2, 0.25) is 0 Å². The normalized spacial score (nSPS) is 12.7. The zero-order valence-corrected chi connectivity index (χ0v) is 12.0. The van der Waals surface area contributed by atoms with E-state index in [1.54, 1.807) is 7.11 Å². The van der Waals surface area contributed by atoms with Gasteiger partial charge < -0.3 is 10.5 Å². The fourth-order valence-corrected chi connectivity index (χ4v) is 2.22. The molecular formula is C14H25N3O. The van der Waals surface area contributed by atoms with Crippen LogP contribution < -0.4 is 5.73 Å². The van der Waals surface area contributed by atoms with E-state index in [1.807, 2.05) is 0 Å². The van der Waals surface area contributed by atoms with Crippen LogP contribution in [-0.4, -0.2) is 23.6 Å². The van der Waals surface area contributed by atoms with E-state index in [0.29, 0.717) is 6.54 Å². The lowest BCUT2D eigenvalue weighted by atomic mass is 10.0. The first kappa shape index (κ1) is 15.1. The molecule has 0 fully saturated rings. The molecule has 102 valence electrons. The Morgan fingerprint density at radius 1 is 1.11 bits per heavy atom. The van der Waals surface area contributed by atoms with Gasteiger partial charge in [0.25, 0.3) is 0 Å². The average molecular weight is 251 g/mol. The molecule has 1 aromatic heterocycles. The van der Waals surface area contributed by atoms with Crippen LogP contribution in [0.25, 0.3) is 0 Å². The highest BCUT2D eigenvalue weighted by molar-refractivity contribution is 5.27. The van der Waals surface area contributed by atoms with E-state index in [2.05, 4.69) is 30.7 Å². The minimum absolute atomic E-state index is 0.00692. The number of aryl methyl sites for hydroxylation is 2. The average Bonchev–Trinajstić information content (AvgIpc) is 2.41. The van der Waals surface area contributed by atoms with Crippen molar-refractivity contribution in [2.24, 2.45) is 5.73 Å². The summed E-state index contributed by atoms with van der Waals surface area (Å²) in [5.74, 6) is 0.814. The quantitative estimate of drug-likeness (QED) is 0.807. The number of hydrogen-bond acceptors (Lipinski definition) is 4. The van der Waals surface area contributed by atoms with E-state index in [1.165, 1.54) is 5.56 Å². The van der Waals surface area contributed by atoms with Crippen molar-refractivity contribution in [1.82, 2.24) is 9.97 Å². The van der Waals surface area contributed by atoms with Crippen molar-refractivity contribution in [3.8, 4) is 0 Å². The molecule has 0 aromatic carbocycles. The molecule has 1 atom stereocenters. The Morgan fingerprint density at radius 2 is 1.67 bits per heavy atom. The zero-order valence-electron chi connectivity index (χ0n) is 12.0. The smallest absolute Gasteiger partial charge is 0.157 e. The molecule has 0 aliphatic carbocycles. The third-order valence-corrected chi connectivity index (χ3v) is 3.20. The second-order valence-corrected chi connectivity index (χ2v) is 4.33. The van der Waals surface area contributed by atoms with Gasteiger partial charge in [-0.25, -0.2) is 9.97 Å². The summed E-state index contributed by atoms with van der Waals surface area (Å²) in [7, 11) is 1.71. The number of rotatable bonds is 7. The Balaban J connectivity index is 3.24. The van der Waals surface area contributed by atoms with Crippen LogP contribution in [0.4, 0.5) is 0 Å². The summed E-state index contributed by atoms with van der Waals surface area (Å²) in [5, 5.41) is 0. The van der Waals surface area contributed by atoms with Gasteiger partial charge in [0.05, 0.1) is 0 Å². The van der Waals surface area contributed by atoms with Gasteiger partial charge in [0.1, 0.15) is 6.10 Å². The van der Waals surface area contributed by atoms with Crippen molar-refractivity contribution in [3.05, 3.63) is 22.8 Å². The molecule has 4 nitrogen and oxygen atoms in total. The Morgan fingerprint density at radius 3 is 2.00 bits per heavy atom. The number of hydrogen-bond donors (Lipinski definition) is 1. The van der Waals surface area contributed by atoms with Gasteiger partial charge >= 0.3 is 0 Å². The maximum Gasteiger partial charge on any atom is 0.157 e. The molecule has 0 spiro atoms. The van der Waals surface area contributed by atoms with Gasteiger partial charge in [-0.2, -0.15) is 0 Å². The summed E-state index contributed by atoms with van der Waals surface area (Å²) in [6.45, 7) is 6.98. The number of ether oxygens (including phenoxy) is 1. The molecular weight excluding hydrogens is 226 g/mol. The lowest BCUT2D eigenvalue weighted by Gasteiger charge is -2.17. The van der Waals surface area contributed by atoms with Crippen molar-refractivity contribution < 1.29 is 4.74 Å².